The zero-order chi connectivity index (χ0) is 12.7. The highest BCUT2D eigenvalue weighted by molar-refractivity contribution is 6.99. The lowest BCUT2D eigenvalue weighted by Gasteiger charge is -1.97. The van der Waals surface area contributed by atoms with Crippen molar-refractivity contribution >= 4 is 28.7 Å². The van der Waals surface area contributed by atoms with Crippen molar-refractivity contribution in [2.24, 2.45) is 0 Å². The van der Waals surface area contributed by atoms with Crippen molar-refractivity contribution in [3.8, 4) is 11.3 Å². The van der Waals surface area contributed by atoms with Crippen LogP contribution >= 0.6 is 11.7 Å². The molecule has 0 unspecified atom stereocenters. The van der Waals surface area contributed by atoms with Gasteiger partial charge in [-0.2, -0.15) is 8.75 Å². The maximum atomic E-state index is 11.1. The van der Waals surface area contributed by atoms with Gasteiger partial charge in [0.1, 0.15) is 5.69 Å². The second kappa shape index (κ2) is 3.77. The number of fused-ring (bicyclic) bond motifs is 1. The van der Waals surface area contributed by atoms with E-state index < -0.39 is 5.97 Å². The molecule has 2 aromatic heterocycles. The van der Waals surface area contributed by atoms with Gasteiger partial charge in [-0.3, -0.25) is 0 Å². The molecular weight excluding hydrogens is 256 g/mol. The molecule has 2 heterocycles. The third-order valence-corrected chi connectivity index (χ3v) is 3.01. The summed E-state index contributed by atoms with van der Waals surface area (Å²) >= 11 is 0.839. The van der Waals surface area contributed by atoms with Crippen LogP contribution in [0.25, 0.3) is 22.3 Å². The van der Waals surface area contributed by atoms with E-state index in [1.54, 1.807) is 18.2 Å². The number of aromatic amines is 2. The van der Waals surface area contributed by atoms with Crippen LogP contribution < -0.4 is 5.69 Å². The van der Waals surface area contributed by atoms with Crippen molar-refractivity contribution in [1.29, 1.82) is 0 Å². The van der Waals surface area contributed by atoms with Crippen molar-refractivity contribution in [1.82, 2.24) is 18.7 Å². The maximum absolute atomic E-state index is 11.1. The Morgan fingerprint density at radius 1 is 1.22 bits per heavy atom. The summed E-state index contributed by atoms with van der Waals surface area (Å²) in [6, 6.07) is 5.04. The number of benzene rings is 1. The average Bonchev–Trinajstić information content (AvgIpc) is 2.91. The molecule has 0 amide bonds. The first-order valence-electron chi connectivity index (χ1n) is 4.93. The van der Waals surface area contributed by atoms with Gasteiger partial charge in [0.05, 0.1) is 22.8 Å². The molecule has 0 aliphatic rings. The first kappa shape index (κ1) is 10.7. The van der Waals surface area contributed by atoms with Crippen LogP contribution in [0.4, 0.5) is 0 Å². The molecule has 8 heteroatoms. The van der Waals surface area contributed by atoms with Crippen molar-refractivity contribution in [2.75, 3.05) is 0 Å². The molecule has 0 aliphatic carbocycles. The number of aromatic carboxylic acids is 1. The number of rotatable bonds is 2. The summed E-state index contributed by atoms with van der Waals surface area (Å²) in [6.45, 7) is 0. The molecule has 1 aromatic carbocycles. The number of H-pyrrole nitrogens is 2. The third kappa shape index (κ3) is 1.59. The summed E-state index contributed by atoms with van der Waals surface area (Å²) in [4.78, 5) is 27.3. The van der Waals surface area contributed by atoms with Gasteiger partial charge in [0, 0.05) is 5.56 Å². The van der Waals surface area contributed by atoms with E-state index in [1.807, 2.05) is 0 Å². The van der Waals surface area contributed by atoms with Crippen molar-refractivity contribution in [3.05, 3.63) is 34.4 Å². The van der Waals surface area contributed by atoms with Crippen molar-refractivity contribution in [2.45, 2.75) is 0 Å². The van der Waals surface area contributed by atoms with Gasteiger partial charge in [-0.1, -0.05) is 6.07 Å². The molecule has 3 N–H and O–H groups in total. The Balaban J connectivity index is 2.21. The van der Waals surface area contributed by atoms with Crippen LogP contribution in [-0.2, 0) is 0 Å². The minimum Gasteiger partial charge on any atom is -0.476 e. The van der Waals surface area contributed by atoms with Crippen LogP contribution in [0.15, 0.2) is 23.0 Å². The fraction of sp³-hybridized carbons (Fsp3) is 0. The largest absolute Gasteiger partial charge is 0.476 e. The van der Waals surface area contributed by atoms with Crippen LogP contribution in [0.5, 0.6) is 0 Å². The number of aromatic nitrogens is 4. The molecule has 0 atom stereocenters. The number of carboxylic acids is 1. The van der Waals surface area contributed by atoms with E-state index in [0.717, 1.165) is 11.7 Å². The Morgan fingerprint density at radius 2 is 2.00 bits per heavy atom. The zero-order valence-corrected chi connectivity index (χ0v) is 9.61. The topological polar surface area (TPSA) is 112 Å². The highest BCUT2D eigenvalue weighted by atomic mass is 32.1. The molecule has 7 nitrogen and oxygen atoms in total. The van der Waals surface area contributed by atoms with Gasteiger partial charge in [-0.05, 0) is 12.1 Å². The summed E-state index contributed by atoms with van der Waals surface area (Å²) in [7, 11) is 0. The Labute approximate surface area is 103 Å². The number of carbonyl (C=O) groups is 1. The molecule has 0 radical (unpaired) electrons. The van der Waals surface area contributed by atoms with Crippen LogP contribution in [0.2, 0.25) is 0 Å². The van der Waals surface area contributed by atoms with E-state index in [-0.39, 0.29) is 11.4 Å². The SMILES string of the molecule is O=C(O)c1nsnc1-c1ccc2[nH]c(=O)[nH]c2c1. The molecule has 18 heavy (non-hydrogen) atoms. The lowest BCUT2D eigenvalue weighted by Crippen LogP contribution is -1.99. The summed E-state index contributed by atoms with van der Waals surface area (Å²) < 4.78 is 7.70. The summed E-state index contributed by atoms with van der Waals surface area (Å²) in [5.41, 5.74) is 1.76. The fourth-order valence-corrected chi connectivity index (χ4v) is 2.26. The monoisotopic (exact) mass is 262 g/mol. The maximum Gasteiger partial charge on any atom is 0.357 e. The standard InChI is InChI=1S/C10H6N4O3S/c15-9(16)8-7(13-18-14-8)4-1-2-5-6(3-4)12-10(17)11-5/h1-3H,(H,15,16)(H2,11,12,17). The minimum atomic E-state index is -1.12. The number of nitrogens with one attached hydrogen (secondary N) is 2. The quantitative estimate of drug-likeness (QED) is 0.639. The second-order valence-electron chi connectivity index (χ2n) is 3.61. The summed E-state index contributed by atoms with van der Waals surface area (Å²) in [5.74, 6) is -1.12. The van der Waals surface area contributed by atoms with Crippen molar-refractivity contribution in [3.63, 3.8) is 0 Å². The van der Waals surface area contributed by atoms with Gasteiger partial charge in [-0.25, -0.2) is 9.59 Å². The molecule has 0 fully saturated rings. The highest BCUT2D eigenvalue weighted by Gasteiger charge is 2.17. The highest BCUT2D eigenvalue weighted by Crippen LogP contribution is 2.24. The zero-order valence-electron chi connectivity index (χ0n) is 8.80. The molecule has 0 aliphatic heterocycles. The number of hydrogen-bond donors (Lipinski definition) is 3. The average molecular weight is 262 g/mol. The summed E-state index contributed by atoms with van der Waals surface area (Å²) in [5, 5.41) is 8.97. The van der Waals surface area contributed by atoms with E-state index in [2.05, 4.69) is 18.7 Å². The Kier molecular flexibility index (Phi) is 2.23. The Bertz CT molecular complexity index is 801. The second-order valence-corrected chi connectivity index (χ2v) is 4.13. The lowest BCUT2D eigenvalue weighted by molar-refractivity contribution is 0.0692. The smallest absolute Gasteiger partial charge is 0.357 e. The molecule has 3 rings (SSSR count). The normalized spacial score (nSPS) is 10.9. The Hall–Kier alpha value is -2.48. The van der Waals surface area contributed by atoms with Gasteiger partial charge in [-0.15, -0.1) is 0 Å². The predicted octanol–water partition coefficient (Wildman–Crippen LogP) is 1.07. The molecular formula is C10H6N4O3S. The Morgan fingerprint density at radius 3 is 2.78 bits per heavy atom. The number of carboxylic acid groups (broad SMARTS) is 1. The molecule has 0 saturated carbocycles. The van der Waals surface area contributed by atoms with Crippen LogP contribution in [0.1, 0.15) is 10.5 Å². The molecule has 0 bridgehead atoms. The van der Waals surface area contributed by atoms with Gasteiger partial charge in [0.15, 0.2) is 5.69 Å². The number of imidazole rings is 1. The summed E-state index contributed by atoms with van der Waals surface area (Å²) in [6.07, 6.45) is 0. The van der Waals surface area contributed by atoms with Crippen LogP contribution in [0.3, 0.4) is 0 Å². The molecule has 3 aromatic rings. The van der Waals surface area contributed by atoms with Gasteiger partial charge in [0.2, 0.25) is 0 Å². The predicted molar refractivity (Wildman–Crippen MR) is 64.8 cm³/mol. The van der Waals surface area contributed by atoms with E-state index in [0.29, 0.717) is 22.3 Å². The van der Waals surface area contributed by atoms with E-state index in [1.165, 1.54) is 0 Å². The van der Waals surface area contributed by atoms with E-state index in [4.69, 9.17) is 5.11 Å². The number of nitrogens with zero attached hydrogens (tertiary/aromatic N) is 2. The number of hydrogen-bond acceptors (Lipinski definition) is 5. The molecule has 0 spiro atoms. The van der Waals surface area contributed by atoms with Gasteiger partial charge >= 0.3 is 11.7 Å². The lowest BCUT2D eigenvalue weighted by atomic mass is 10.1. The van der Waals surface area contributed by atoms with E-state index >= 15 is 0 Å². The fourth-order valence-electron chi connectivity index (χ4n) is 1.70. The van der Waals surface area contributed by atoms with E-state index in [9.17, 15) is 9.59 Å². The minimum absolute atomic E-state index is 0.0859. The van der Waals surface area contributed by atoms with Gasteiger partial charge < -0.3 is 15.1 Å². The first-order chi connectivity index (χ1) is 8.65. The molecule has 90 valence electrons. The van der Waals surface area contributed by atoms with Gasteiger partial charge in [0.25, 0.3) is 0 Å². The first-order valence-corrected chi connectivity index (χ1v) is 5.66. The third-order valence-electron chi connectivity index (χ3n) is 2.48. The van der Waals surface area contributed by atoms with Crippen LogP contribution in [-0.4, -0.2) is 29.8 Å². The van der Waals surface area contributed by atoms with Crippen molar-refractivity contribution < 1.29 is 9.90 Å². The van der Waals surface area contributed by atoms with Crippen LogP contribution in [0, 0.1) is 0 Å². The molecule has 0 saturated heterocycles.